The number of anilines is 1. The van der Waals surface area contributed by atoms with Gasteiger partial charge < -0.3 is 5.32 Å². The van der Waals surface area contributed by atoms with Gasteiger partial charge in [-0.1, -0.05) is 15.9 Å². The maximum atomic E-state index is 13.5. The number of benzene rings is 1. The van der Waals surface area contributed by atoms with Crippen LogP contribution in [0.25, 0.3) is 0 Å². The quantitative estimate of drug-likeness (QED) is 0.339. The summed E-state index contributed by atoms with van der Waals surface area (Å²) in [5.41, 5.74) is 2.01. The lowest BCUT2D eigenvalue weighted by Crippen LogP contribution is -2.37. The summed E-state index contributed by atoms with van der Waals surface area (Å²) >= 11 is 3.00. The van der Waals surface area contributed by atoms with E-state index in [0.717, 1.165) is 25.0 Å². The molecule has 0 spiro atoms. The molecule has 0 bridgehead atoms. The summed E-state index contributed by atoms with van der Waals surface area (Å²) in [6.45, 7) is 0. The SMILES string of the molecule is NNC(=NC1CC1)Nc1c(F)cc(Br)cc1F. The molecule has 0 atom stereocenters. The number of hydrazine groups is 1. The van der Waals surface area contributed by atoms with Crippen molar-refractivity contribution in [2.75, 3.05) is 5.32 Å². The van der Waals surface area contributed by atoms with Crippen molar-refractivity contribution in [1.82, 2.24) is 5.43 Å². The van der Waals surface area contributed by atoms with E-state index in [4.69, 9.17) is 5.84 Å². The minimum Gasteiger partial charge on any atom is -0.320 e. The molecule has 1 aliphatic carbocycles. The molecule has 1 aromatic rings. The van der Waals surface area contributed by atoms with Crippen molar-refractivity contribution in [3.63, 3.8) is 0 Å². The third-order valence-corrected chi connectivity index (χ3v) is 2.70. The fraction of sp³-hybridized carbons (Fsp3) is 0.300. The average molecular weight is 305 g/mol. The fourth-order valence-corrected chi connectivity index (χ4v) is 1.67. The van der Waals surface area contributed by atoms with Crippen molar-refractivity contribution in [3.8, 4) is 0 Å². The Morgan fingerprint density at radius 3 is 2.41 bits per heavy atom. The van der Waals surface area contributed by atoms with Crippen LogP contribution >= 0.6 is 15.9 Å². The van der Waals surface area contributed by atoms with Crippen LogP contribution in [0.15, 0.2) is 21.6 Å². The van der Waals surface area contributed by atoms with Crippen molar-refractivity contribution >= 4 is 27.6 Å². The first kappa shape index (κ1) is 12.3. The van der Waals surface area contributed by atoms with Crippen LogP contribution in [0.3, 0.4) is 0 Å². The first-order chi connectivity index (χ1) is 8.10. The first-order valence-corrected chi connectivity index (χ1v) is 5.85. The van der Waals surface area contributed by atoms with E-state index in [-0.39, 0.29) is 17.7 Å². The molecule has 4 N–H and O–H groups in total. The number of aliphatic imine (C=N–C) groups is 1. The lowest BCUT2D eigenvalue weighted by Gasteiger charge is -2.11. The second-order valence-electron chi connectivity index (χ2n) is 3.72. The zero-order valence-electron chi connectivity index (χ0n) is 8.80. The molecule has 7 heteroatoms. The number of guanidine groups is 1. The molecule has 0 amide bonds. The molecule has 1 saturated carbocycles. The van der Waals surface area contributed by atoms with Crippen molar-refractivity contribution in [2.24, 2.45) is 10.8 Å². The maximum absolute atomic E-state index is 13.5. The van der Waals surface area contributed by atoms with E-state index in [1.165, 1.54) is 0 Å². The van der Waals surface area contributed by atoms with Crippen molar-refractivity contribution in [2.45, 2.75) is 18.9 Å². The smallest absolute Gasteiger partial charge is 0.210 e. The second kappa shape index (κ2) is 4.97. The molecular weight excluding hydrogens is 294 g/mol. The van der Waals surface area contributed by atoms with Gasteiger partial charge in [-0.05, 0) is 25.0 Å². The summed E-state index contributed by atoms with van der Waals surface area (Å²) < 4.78 is 27.3. The summed E-state index contributed by atoms with van der Waals surface area (Å²) in [6.07, 6.45) is 1.94. The predicted molar refractivity (Wildman–Crippen MR) is 65.5 cm³/mol. The highest BCUT2D eigenvalue weighted by atomic mass is 79.9. The van der Waals surface area contributed by atoms with Gasteiger partial charge in [-0.25, -0.2) is 19.6 Å². The lowest BCUT2D eigenvalue weighted by atomic mass is 10.3. The molecule has 0 aromatic heterocycles. The molecule has 4 nitrogen and oxygen atoms in total. The van der Waals surface area contributed by atoms with E-state index in [1.54, 1.807) is 0 Å². The summed E-state index contributed by atoms with van der Waals surface area (Å²) in [6, 6.07) is 2.52. The van der Waals surface area contributed by atoms with Crippen LogP contribution in [0.5, 0.6) is 0 Å². The normalized spacial score (nSPS) is 15.9. The molecule has 0 unspecified atom stereocenters. The standard InChI is InChI=1S/C10H11BrF2N4/c11-5-3-7(12)9(8(13)4-5)16-10(17-14)15-6-1-2-6/h3-4,6H,1-2,14H2,(H2,15,16,17). The minimum absolute atomic E-state index is 0.160. The van der Waals surface area contributed by atoms with Gasteiger partial charge in [0.15, 0.2) is 11.6 Å². The van der Waals surface area contributed by atoms with E-state index in [1.807, 2.05) is 0 Å². The summed E-state index contributed by atoms with van der Waals surface area (Å²) in [4.78, 5) is 4.13. The minimum atomic E-state index is -0.712. The van der Waals surface area contributed by atoms with Gasteiger partial charge in [-0.15, -0.1) is 0 Å². The topological polar surface area (TPSA) is 62.4 Å². The highest BCUT2D eigenvalue weighted by molar-refractivity contribution is 9.10. The molecule has 1 fully saturated rings. The molecule has 0 saturated heterocycles. The Labute approximate surface area is 105 Å². The molecule has 1 aliphatic rings. The van der Waals surface area contributed by atoms with Crippen molar-refractivity contribution < 1.29 is 8.78 Å². The summed E-state index contributed by atoms with van der Waals surface area (Å²) in [5, 5.41) is 2.51. The number of nitrogens with one attached hydrogen (secondary N) is 2. The number of rotatable bonds is 2. The van der Waals surface area contributed by atoms with E-state index in [2.05, 4.69) is 31.7 Å². The molecular formula is C10H11BrF2N4. The number of halogens is 3. The zero-order chi connectivity index (χ0) is 12.4. The Kier molecular flexibility index (Phi) is 3.58. The zero-order valence-corrected chi connectivity index (χ0v) is 10.4. The molecule has 2 rings (SSSR count). The van der Waals surface area contributed by atoms with Gasteiger partial charge in [-0.2, -0.15) is 0 Å². The van der Waals surface area contributed by atoms with Crippen LogP contribution in [-0.2, 0) is 0 Å². The molecule has 17 heavy (non-hydrogen) atoms. The van der Waals surface area contributed by atoms with Crippen molar-refractivity contribution in [3.05, 3.63) is 28.2 Å². The lowest BCUT2D eigenvalue weighted by molar-refractivity contribution is 0.589. The number of nitrogens with zero attached hydrogens (tertiary/aromatic N) is 1. The van der Waals surface area contributed by atoms with E-state index in [9.17, 15) is 8.78 Å². The van der Waals surface area contributed by atoms with Crippen LogP contribution in [0.2, 0.25) is 0 Å². The van der Waals surface area contributed by atoms with Crippen LogP contribution < -0.4 is 16.6 Å². The molecule has 0 heterocycles. The van der Waals surface area contributed by atoms with E-state index in [0.29, 0.717) is 4.47 Å². The Morgan fingerprint density at radius 2 is 1.94 bits per heavy atom. The van der Waals surface area contributed by atoms with Gasteiger partial charge >= 0.3 is 0 Å². The Balaban J connectivity index is 2.22. The number of hydrogen-bond donors (Lipinski definition) is 3. The predicted octanol–water partition coefficient (Wildman–Crippen LogP) is 2.12. The average Bonchev–Trinajstić information content (AvgIpc) is 3.05. The second-order valence-corrected chi connectivity index (χ2v) is 4.64. The van der Waals surface area contributed by atoms with Crippen LogP contribution in [0.4, 0.5) is 14.5 Å². The van der Waals surface area contributed by atoms with E-state index < -0.39 is 11.6 Å². The largest absolute Gasteiger partial charge is 0.320 e. The molecule has 92 valence electrons. The van der Waals surface area contributed by atoms with Crippen LogP contribution in [0, 0.1) is 11.6 Å². The van der Waals surface area contributed by atoms with Gasteiger partial charge in [-0.3, -0.25) is 5.43 Å². The maximum Gasteiger partial charge on any atom is 0.210 e. The van der Waals surface area contributed by atoms with Gasteiger partial charge in [0.1, 0.15) is 5.69 Å². The monoisotopic (exact) mass is 304 g/mol. The highest BCUT2D eigenvalue weighted by Crippen LogP contribution is 2.25. The van der Waals surface area contributed by atoms with Crippen LogP contribution in [-0.4, -0.2) is 12.0 Å². The van der Waals surface area contributed by atoms with E-state index >= 15 is 0 Å². The highest BCUT2D eigenvalue weighted by Gasteiger charge is 2.21. The Hall–Kier alpha value is -1.21. The third kappa shape index (κ3) is 3.13. The molecule has 0 aliphatic heterocycles. The van der Waals surface area contributed by atoms with Gasteiger partial charge in [0.25, 0.3) is 0 Å². The summed E-state index contributed by atoms with van der Waals surface area (Å²) in [5.74, 6) is 3.96. The van der Waals surface area contributed by atoms with Crippen LogP contribution in [0.1, 0.15) is 12.8 Å². The Morgan fingerprint density at radius 1 is 1.35 bits per heavy atom. The fourth-order valence-electron chi connectivity index (χ4n) is 1.27. The van der Waals surface area contributed by atoms with Gasteiger partial charge in [0.2, 0.25) is 5.96 Å². The summed E-state index contributed by atoms with van der Waals surface area (Å²) in [7, 11) is 0. The first-order valence-electron chi connectivity index (χ1n) is 5.06. The van der Waals surface area contributed by atoms with Crippen molar-refractivity contribution in [1.29, 1.82) is 0 Å². The van der Waals surface area contributed by atoms with Gasteiger partial charge in [0.05, 0.1) is 6.04 Å². The molecule has 0 radical (unpaired) electrons. The van der Waals surface area contributed by atoms with Gasteiger partial charge in [0, 0.05) is 4.47 Å². The Bertz CT molecular complexity index is 437. The molecule has 1 aromatic carbocycles. The number of hydrogen-bond acceptors (Lipinski definition) is 2. The third-order valence-electron chi connectivity index (χ3n) is 2.25. The number of nitrogens with two attached hydrogens (primary N) is 1.